The number of hydrogen-bond acceptors (Lipinski definition) is 7. The molecule has 45 heavy (non-hydrogen) atoms. The Morgan fingerprint density at radius 3 is 2.53 bits per heavy atom. The van der Waals surface area contributed by atoms with Crippen molar-refractivity contribution in [2.45, 2.75) is 45.6 Å². The van der Waals surface area contributed by atoms with E-state index in [-0.39, 0.29) is 68.1 Å². The van der Waals surface area contributed by atoms with Gasteiger partial charge in [-0.1, -0.05) is 61.8 Å². The van der Waals surface area contributed by atoms with E-state index < -0.39 is 31.2 Å². The highest BCUT2D eigenvalue weighted by Gasteiger charge is 2.26. The highest BCUT2D eigenvalue weighted by atomic mass is 35.5. The zero-order valence-electron chi connectivity index (χ0n) is 25.2. The molecular weight excluding hydrogens is 630 g/mol. The molecule has 3 rings (SSSR count). The lowest BCUT2D eigenvalue weighted by molar-refractivity contribution is -0.133. The third-order valence-corrected chi connectivity index (χ3v) is 7.83. The zero-order chi connectivity index (χ0) is 33.2. The fourth-order valence-electron chi connectivity index (χ4n) is 4.25. The largest absolute Gasteiger partial charge is 0.469 e. The molecule has 0 bridgehead atoms. The molecule has 0 saturated carbocycles. The Morgan fingerprint density at radius 2 is 1.82 bits per heavy atom. The van der Waals surface area contributed by atoms with Gasteiger partial charge in [-0.25, -0.2) is 18.7 Å². The first kappa shape index (κ1) is 35.9. The van der Waals surface area contributed by atoms with Crippen LogP contribution in [-0.2, 0) is 29.8 Å². The van der Waals surface area contributed by atoms with E-state index in [1.807, 2.05) is 24.3 Å². The molecule has 2 aromatic carbocycles. The van der Waals surface area contributed by atoms with Gasteiger partial charge < -0.3 is 24.7 Å². The number of aryl methyl sites for hydroxylation is 1. The summed E-state index contributed by atoms with van der Waals surface area (Å²) in [6.07, 6.45) is 1.05. The highest BCUT2D eigenvalue weighted by Crippen LogP contribution is 2.37. The van der Waals surface area contributed by atoms with Gasteiger partial charge in [-0.15, -0.1) is 0 Å². The van der Waals surface area contributed by atoms with E-state index in [1.54, 1.807) is 32.2 Å². The molecule has 1 aromatic heterocycles. The number of fused-ring (bicyclic) bond motifs is 1. The van der Waals surface area contributed by atoms with E-state index in [2.05, 4.69) is 20.1 Å². The van der Waals surface area contributed by atoms with Gasteiger partial charge in [-0.05, 0) is 35.9 Å². The summed E-state index contributed by atoms with van der Waals surface area (Å²) in [5.41, 5.74) is -0.308. The van der Waals surface area contributed by atoms with E-state index in [9.17, 15) is 23.3 Å². The highest BCUT2D eigenvalue weighted by molar-refractivity contribution is 7.46. The Bertz CT molecular complexity index is 1550. The molecule has 15 heteroatoms. The number of phosphoric ester groups is 1. The molecule has 0 aliphatic carbocycles. The van der Waals surface area contributed by atoms with Crippen LogP contribution in [0.5, 0.6) is 0 Å². The third kappa shape index (κ3) is 12.0. The molecule has 244 valence electrons. The molecule has 0 aliphatic heterocycles. The minimum Gasteiger partial charge on any atom is -0.447 e. The lowest BCUT2D eigenvalue weighted by Crippen LogP contribution is -2.42. The molecule has 4 N–H and O–H groups in total. The number of phosphoric acid groups is 1. The van der Waals surface area contributed by atoms with Crippen LogP contribution in [0.2, 0.25) is 5.02 Å². The smallest absolute Gasteiger partial charge is 0.447 e. The van der Waals surface area contributed by atoms with Gasteiger partial charge in [0.2, 0.25) is 11.8 Å². The maximum atomic E-state index is 13.8. The molecule has 3 amide bonds. The van der Waals surface area contributed by atoms with Crippen LogP contribution in [0.3, 0.4) is 0 Å². The van der Waals surface area contributed by atoms with E-state index >= 15 is 0 Å². The van der Waals surface area contributed by atoms with Crippen LogP contribution in [0.15, 0.2) is 54.7 Å². The first-order valence-electron chi connectivity index (χ1n) is 14.1. The summed E-state index contributed by atoms with van der Waals surface area (Å²) in [5.74, 6) is -1.04. The average Bonchev–Trinajstić information content (AvgIpc) is 2.99. The van der Waals surface area contributed by atoms with Gasteiger partial charge in [0, 0.05) is 43.4 Å². The van der Waals surface area contributed by atoms with E-state index in [4.69, 9.17) is 26.1 Å². The van der Waals surface area contributed by atoms with Crippen molar-refractivity contribution in [3.63, 3.8) is 0 Å². The number of nitrogens with zero attached hydrogens (tertiary/aromatic N) is 2. The van der Waals surface area contributed by atoms with Gasteiger partial charge in [0.25, 0.3) is 0 Å². The van der Waals surface area contributed by atoms with E-state index in [1.165, 1.54) is 24.1 Å². The molecule has 0 radical (unpaired) electrons. The number of aromatic nitrogens is 1. The average molecular weight is 667 g/mol. The predicted molar refractivity (Wildman–Crippen MR) is 167 cm³/mol. The van der Waals surface area contributed by atoms with Crippen molar-refractivity contribution in [2.75, 3.05) is 32.1 Å². The Balaban J connectivity index is 1.61. The minimum atomic E-state index is -4.66. The van der Waals surface area contributed by atoms with Crippen LogP contribution in [0.1, 0.15) is 38.7 Å². The van der Waals surface area contributed by atoms with Gasteiger partial charge in [-0.3, -0.25) is 19.4 Å². The fourth-order valence-corrected chi connectivity index (χ4v) is 4.99. The maximum absolute atomic E-state index is 13.8. The Hall–Kier alpha value is -3.61. The fraction of sp³-hybridized carbons (Fsp3) is 0.400. The van der Waals surface area contributed by atoms with Crippen LogP contribution in [0.25, 0.3) is 10.8 Å². The van der Waals surface area contributed by atoms with Crippen molar-refractivity contribution in [2.24, 2.45) is 5.41 Å². The number of hydrogen-bond donors (Lipinski definition) is 4. The van der Waals surface area contributed by atoms with E-state index in [0.29, 0.717) is 5.56 Å². The van der Waals surface area contributed by atoms with Crippen molar-refractivity contribution in [3.05, 3.63) is 71.1 Å². The minimum absolute atomic E-state index is 0.0106. The molecule has 1 atom stereocenters. The lowest BCUT2D eigenvalue weighted by atomic mass is 9.95. The van der Waals surface area contributed by atoms with Gasteiger partial charge in [0.05, 0.1) is 17.7 Å². The Kier molecular flexibility index (Phi) is 12.8. The van der Waals surface area contributed by atoms with Crippen LogP contribution in [0.4, 0.5) is 15.0 Å². The molecule has 12 nitrogen and oxygen atoms in total. The first-order valence-corrected chi connectivity index (χ1v) is 16.0. The quantitative estimate of drug-likeness (QED) is 0.162. The van der Waals surface area contributed by atoms with E-state index in [0.717, 1.165) is 10.8 Å². The van der Waals surface area contributed by atoms with Crippen molar-refractivity contribution in [1.82, 2.24) is 15.2 Å². The monoisotopic (exact) mass is 666 g/mol. The van der Waals surface area contributed by atoms with Gasteiger partial charge in [-0.2, -0.15) is 0 Å². The lowest BCUT2D eigenvalue weighted by Gasteiger charge is -2.28. The van der Waals surface area contributed by atoms with Crippen LogP contribution >= 0.6 is 19.4 Å². The number of halogens is 2. The topological polar surface area (TPSA) is 167 Å². The number of ether oxygens (including phenoxy) is 1. The number of pyridine rings is 1. The normalized spacial score (nSPS) is 12.4. The predicted octanol–water partition coefficient (Wildman–Crippen LogP) is 5.07. The van der Waals surface area contributed by atoms with Crippen LogP contribution < -0.4 is 10.6 Å². The number of carbonyl (C=O) groups excluding carboxylic acids is 3. The SMILES string of the molecule is CN(C(=O)CCc1cccc(F)c1Cl)[C@@H](CCC(=O)NCC(C)(C)COP(=O)(O)O)COC(=O)Nc1cc2ccccc2cn1. The number of amides is 3. The third-order valence-electron chi connectivity index (χ3n) is 6.94. The standard InChI is InChI=1S/C30H37ClFN4O8P/c1-30(2,19-44-45(40,41)42)18-34-26(37)13-12-23(36(3)27(38)14-11-20-9-6-10-24(32)28(20)31)17-43-29(39)35-25-15-21-7-4-5-8-22(21)16-33-25/h4-10,15-16,23H,11-14,17-19H2,1-3H3,(H,34,37)(H,33,35,39)(H2,40,41,42)/t23-/m0/s1. The summed E-state index contributed by atoms with van der Waals surface area (Å²) in [7, 11) is -3.14. The van der Waals surface area contributed by atoms with Gasteiger partial charge in [0.15, 0.2) is 0 Å². The van der Waals surface area contributed by atoms with Crippen LogP contribution in [-0.4, -0.2) is 70.4 Å². The summed E-state index contributed by atoms with van der Waals surface area (Å²) in [5, 5.41) is 6.97. The Morgan fingerprint density at radius 1 is 1.11 bits per heavy atom. The molecule has 0 saturated heterocycles. The zero-order valence-corrected chi connectivity index (χ0v) is 26.8. The van der Waals surface area contributed by atoms with Crippen molar-refractivity contribution in [1.29, 1.82) is 0 Å². The second-order valence-electron chi connectivity index (χ2n) is 11.3. The number of benzene rings is 2. The number of nitrogens with one attached hydrogen (secondary N) is 2. The first-order chi connectivity index (χ1) is 21.1. The molecular formula is C30H37ClFN4O8P. The second-order valence-corrected chi connectivity index (χ2v) is 12.9. The summed E-state index contributed by atoms with van der Waals surface area (Å²) in [4.78, 5) is 61.9. The molecule has 3 aromatic rings. The summed E-state index contributed by atoms with van der Waals surface area (Å²) in [6, 6.07) is 12.8. The second kappa shape index (κ2) is 16.1. The number of rotatable bonds is 15. The molecule has 0 unspecified atom stereocenters. The van der Waals surface area contributed by atoms with Gasteiger partial charge >= 0.3 is 13.9 Å². The summed E-state index contributed by atoms with van der Waals surface area (Å²) >= 11 is 6.03. The van der Waals surface area contributed by atoms with Crippen molar-refractivity contribution < 1.29 is 42.4 Å². The molecule has 0 aliphatic rings. The molecule has 0 fully saturated rings. The number of likely N-dealkylation sites (N-methyl/N-ethyl adjacent to an activating group) is 1. The van der Waals surface area contributed by atoms with Gasteiger partial charge in [0.1, 0.15) is 18.2 Å². The number of anilines is 1. The molecule has 1 heterocycles. The molecule has 0 spiro atoms. The van der Waals surface area contributed by atoms with Crippen molar-refractivity contribution >= 4 is 53.9 Å². The van der Waals surface area contributed by atoms with Crippen molar-refractivity contribution in [3.8, 4) is 0 Å². The number of carbonyl (C=O) groups is 3. The van der Waals surface area contributed by atoms with Crippen LogP contribution in [0, 0.1) is 11.2 Å². The summed E-state index contributed by atoms with van der Waals surface area (Å²) in [6.45, 7) is 2.87. The maximum Gasteiger partial charge on any atom is 0.469 e. The summed E-state index contributed by atoms with van der Waals surface area (Å²) < 4.78 is 34.8. The Labute approximate surface area is 265 Å².